The summed E-state index contributed by atoms with van der Waals surface area (Å²) in [5.74, 6) is -0.650. The molecule has 0 saturated heterocycles. The number of carboxylic acid groups (broad SMARTS) is 1. The Morgan fingerprint density at radius 2 is 1.63 bits per heavy atom. The number of amides is 1. The molecule has 0 saturated carbocycles. The Kier molecular flexibility index (Phi) is 6.45. The van der Waals surface area contributed by atoms with Crippen LogP contribution < -0.4 is 15.4 Å². The summed E-state index contributed by atoms with van der Waals surface area (Å²) in [6.07, 6.45) is 1.37. The highest BCUT2D eigenvalue weighted by Gasteiger charge is 2.22. The molecular weight excluding hydrogens is 344 g/mol. The monoisotopic (exact) mass is 370 g/mol. The number of ether oxygens (including phenoxy) is 1. The maximum Gasteiger partial charge on any atom is 0.417 e. The fourth-order valence-electron chi connectivity index (χ4n) is 2.80. The second kappa shape index (κ2) is 8.58. The summed E-state index contributed by atoms with van der Waals surface area (Å²) in [5, 5.41) is 14.6. The van der Waals surface area contributed by atoms with Gasteiger partial charge in [-0.05, 0) is 54.2 Å². The molecule has 0 radical (unpaired) electrons. The maximum absolute atomic E-state index is 12.2. The van der Waals surface area contributed by atoms with Gasteiger partial charge in [0.25, 0.3) is 0 Å². The quantitative estimate of drug-likeness (QED) is 0.630. The fourth-order valence-corrected chi connectivity index (χ4v) is 2.80. The Bertz CT molecular complexity index is 811. The van der Waals surface area contributed by atoms with Crippen molar-refractivity contribution in [1.29, 1.82) is 0 Å². The van der Waals surface area contributed by atoms with Gasteiger partial charge in [0.05, 0.1) is 5.56 Å². The molecule has 6 heteroatoms. The van der Waals surface area contributed by atoms with Crippen molar-refractivity contribution in [2.24, 2.45) is 0 Å². The van der Waals surface area contributed by atoms with Crippen molar-refractivity contribution in [3.05, 3.63) is 53.6 Å². The van der Waals surface area contributed by atoms with Crippen LogP contribution >= 0.6 is 0 Å². The zero-order valence-corrected chi connectivity index (χ0v) is 16.1. The number of rotatable bonds is 7. The third kappa shape index (κ3) is 5.00. The van der Waals surface area contributed by atoms with E-state index in [0.717, 1.165) is 12.8 Å². The highest BCUT2D eigenvalue weighted by atomic mass is 16.6. The molecule has 6 nitrogen and oxygen atoms in total. The average Bonchev–Trinajstić information content (AvgIpc) is 2.67. The summed E-state index contributed by atoms with van der Waals surface area (Å²) in [6, 6.07) is 12.0. The van der Waals surface area contributed by atoms with Crippen molar-refractivity contribution in [2.45, 2.75) is 39.0 Å². The van der Waals surface area contributed by atoms with E-state index in [9.17, 15) is 9.59 Å². The molecule has 0 aliphatic heterocycles. The lowest BCUT2D eigenvalue weighted by Gasteiger charge is -2.27. The van der Waals surface area contributed by atoms with E-state index < -0.39 is 12.1 Å². The van der Waals surface area contributed by atoms with E-state index >= 15 is 0 Å². The van der Waals surface area contributed by atoms with Crippen molar-refractivity contribution in [1.82, 2.24) is 0 Å². The van der Waals surface area contributed by atoms with E-state index in [1.165, 1.54) is 17.7 Å². The van der Waals surface area contributed by atoms with E-state index in [1.807, 2.05) is 12.1 Å². The smallest absolute Gasteiger partial charge is 0.417 e. The van der Waals surface area contributed by atoms with E-state index in [0.29, 0.717) is 17.1 Å². The average molecular weight is 370 g/mol. The molecule has 0 fully saturated rings. The van der Waals surface area contributed by atoms with Crippen molar-refractivity contribution in [3.8, 4) is 5.75 Å². The number of carbonyl (C=O) groups excluding carboxylic acids is 1. The van der Waals surface area contributed by atoms with Gasteiger partial charge in [-0.1, -0.05) is 32.9 Å². The lowest BCUT2D eigenvalue weighted by Crippen LogP contribution is -2.20. The number of benzene rings is 2. The first kappa shape index (κ1) is 20.3. The van der Waals surface area contributed by atoms with Crippen molar-refractivity contribution in [2.75, 3.05) is 17.7 Å². The third-order valence-electron chi connectivity index (χ3n) is 5.04. The van der Waals surface area contributed by atoms with Crippen LogP contribution in [-0.4, -0.2) is 24.2 Å². The molecule has 0 aliphatic carbocycles. The molecule has 0 unspecified atom stereocenters. The summed E-state index contributed by atoms with van der Waals surface area (Å²) in [4.78, 5) is 23.3. The van der Waals surface area contributed by atoms with Crippen LogP contribution in [0.5, 0.6) is 5.75 Å². The Morgan fingerprint density at radius 1 is 1.04 bits per heavy atom. The Labute approximate surface area is 159 Å². The highest BCUT2D eigenvalue weighted by molar-refractivity contribution is 5.93. The summed E-state index contributed by atoms with van der Waals surface area (Å²) in [6.45, 7) is 6.53. The van der Waals surface area contributed by atoms with Gasteiger partial charge in [-0.25, -0.2) is 9.59 Å². The van der Waals surface area contributed by atoms with Crippen LogP contribution in [0, 0.1) is 0 Å². The molecule has 0 aliphatic rings. The number of nitrogens with one attached hydrogen (secondary N) is 2. The predicted molar refractivity (Wildman–Crippen MR) is 107 cm³/mol. The molecule has 3 N–H and O–H groups in total. The number of aromatic carboxylic acids is 1. The topological polar surface area (TPSA) is 87.7 Å². The molecule has 1 amide bonds. The van der Waals surface area contributed by atoms with Crippen LogP contribution in [-0.2, 0) is 5.41 Å². The number of carbonyl (C=O) groups is 2. The first-order chi connectivity index (χ1) is 12.8. The highest BCUT2D eigenvalue weighted by Crippen LogP contribution is 2.32. The van der Waals surface area contributed by atoms with E-state index in [1.54, 1.807) is 25.2 Å². The Balaban J connectivity index is 2.10. The second-order valence-corrected chi connectivity index (χ2v) is 6.66. The van der Waals surface area contributed by atoms with Crippen LogP contribution in [0.25, 0.3) is 0 Å². The molecular formula is C21H26N2O4. The molecule has 0 bridgehead atoms. The molecule has 2 aromatic rings. The lowest BCUT2D eigenvalue weighted by atomic mass is 9.78. The molecule has 27 heavy (non-hydrogen) atoms. The van der Waals surface area contributed by atoms with Gasteiger partial charge in [-0.15, -0.1) is 0 Å². The number of anilines is 2. The van der Waals surface area contributed by atoms with E-state index in [2.05, 4.69) is 31.4 Å². The van der Waals surface area contributed by atoms with Crippen LogP contribution in [0.4, 0.5) is 16.2 Å². The third-order valence-corrected chi connectivity index (χ3v) is 5.04. The zero-order chi connectivity index (χ0) is 20.0. The molecule has 2 aromatic carbocycles. The maximum atomic E-state index is 12.2. The minimum absolute atomic E-state index is 0.0694. The normalized spacial score (nSPS) is 11.0. The van der Waals surface area contributed by atoms with Gasteiger partial charge in [0.15, 0.2) is 0 Å². The van der Waals surface area contributed by atoms with Crippen LogP contribution in [0.3, 0.4) is 0 Å². The Morgan fingerprint density at radius 3 is 2.15 bits per heavy atom. The zero-order valence-electron chi connectivity index (χ0n) is 16.1. The fraction of sp³-hybridized carbons (Fsp3) is 0.333. The minimum Gasteiger partial charge on any atom is -0.478 e. The summed E-state index contributed by atoms with van der Waals surface area (Å²) in [7, 11) is 1.67. The van der Waals surface area contributed by atoms with Gasteiger partial charge >= 0.3 is 12.1 Å². The Hall–Kier alpha value is -3.02. The van der Waals surface area contributed by atoms with Crippen LogP contribution in [0.2, 0.25) is 0 Å². The van der Waals surface area contributed by atoms with Gasteiger partial charge in [0.1, 0.15) is 5.75 Å². The van der Waals surface area contributed by atoms with Gasteiger partial charge in [0.2, 0.25) is 0 Å². The van der Waals surface area contributed by atoms with E-state index in [-0.39, 0.29) is 11.0 Å². The summed E-state index contributed by atoms with van der Waals surface area (Å²) in [5.41, 5.74) is 2.29. The SMILES string of the molecule is CCC(C)(CC)c1ccc(OC(=O)Nc2cc(NC)cc(C(=O)O)c2)cc1. The lowest BCUT2D eigenvalue weighted by molar-refractivity contribution is 0.0697. The van der Waals surface area contributed by atoms with Gasteiger partial charge in [-0.2, -0.15) is 0 Å². The van der Waals surface area contributed by atoms with Crippen LogP contribution in [0.15, 0.2) is 42.5 Å². The summed E-state index contributed by atoms with van der Waals surface area (Å²) < 4.78 is 5.31. The largest absolute Gasteiger partial charge is 0.478 e. The molecule has 0 aromatic heterocycles. The summed E-state index contributed by atoms with van der Waals surface area (Å²) >= 11 is 0. The first-order valence-corrected chi connectivity index (χ1v) is 8.96. The van der Waals surface area contributed by atoms with Crippen molar-refractivity contribution in [3.63, 3.8) is 0 Å². The van der Waals surface area contributed by atoms with Gasteiger partial charge in [0, 0.05) is 18.4 Å². The van der Waals surface area contributed by atoms with Crippen LogP contribution in [0.1, 0.15) is 49.5 Å². The molecule has 0 spiro atoms. The molecule has 0 heterocycles. The van der Waals surface area contributed by atoms with Gasteiger partial charge in [-0.3, -0.25) is 5.32 Å². The van der Waals surface area contributed by atoms with Gasteiger partial charge < -0.3 is 15.2 Å². The number of hydrogen-bond acceptors (Lipinski definition) is 4. The van der Waals surface area contributed by atoms with Crippen molar-refractivity contribution < 1.29 is 19.4 Å². The second-order valence-electron chi connectivity index (χ2n) is 6.66. The predicted octanol–water partition coefficient (Wildman–Crippen LogP) is 5.12. The molecule has 0 atom stereocenters. The standard InChI is InChI=1S/C21H26N2O4/c1-5-21(3,6-2)15-7-9-18(10-8-15)27-20(26)23-17-12-14(19(24)25)11-16(13-17)22-4/h7-13,22H,5-6H2,1-4H3,(H,23,26)(H,24,25). The van der Waals surface area contributed by atoms with E-state index in [4.69, 9.17) is 9.84 Å². The molecule has 144 valence electrons. The number of carboxylic acids is 1. The minimum atomic E-state index is -1.07. The molecule has 2 rings (SSSR count). The number of hydrogen-bond donors (Lipinski definition) is 3. The van der Waals surface area contributed by atoms with Crippen molar-refractivity contribution >= 4 is 23.4 Å². The first-order valence-electron chi connectivity index (χ1n) is 8.96.